The zero-order valence-electron chi connectivity index (χ0n) is 6.96. The fourth-order valence-electron chi connectivity index (χ4n) is 1.80. The van der Waals surface area contributed by atoms with E-state index in [2.05, 4.69) is 36.2 Å². The Bertz CT molecular complexity index is 414. The SMILES string of the molecule is CC1=CC=C2C(=NC3=C2C=C3)C1. The van der Waals surface area contributed by atoms with Gasteiger partial charge < -0.3 is 0 Å². The Morgan fingerprint density at radius 3 is 2.92 bits per heavy atom. The van der Waals surface area contributed by atoms with Crippen LogP contribution in [0.4, 0.5) is 0 Å². The second-order valence-corrected chi connectivity index (χ2v) is 3.46. The summed E-state index contributed by atoms with van der Waals surface area (Å²) in [5.74, 6) is 0. The van der Waals surface area contributed by atoms with E-state index in [1.807, 2.05) is 0 Å². The minimum absolute atomic E-state index is 1.03. The number of fused-ring (bicyclic) bond motifs is 2. The maximum atomic E-state index is 4.53. The van der Waals surface area contributed by atoms with Gasteiger partial charge in [-0.1, -0.05) is 17.7 Å². The quantitative estimate of drug-likeness (QED) is 0.509. The van der Waals surface area contributed by atoms with Gasteiger partial charge in [0.1, 0.15) is 0 Å². The molecule has 1 heterocycles. The van der Waals surface area contributed by atoms with Gasteiger partial charge in [0.2, 0.25) is 0 Å². The summed E-state index contributed by atoms with van der Waals surface area (Å²) < 4.78 is 0. The summed E-state index contributed by atoms with van der Waals surface area (Å²) in [7, 11) is 0. The molecule has 0 saturated carbocycles. The predicted octanol–water partition coefficient (Wildman–Crippen LogP) is 2.54. The molecule has 12 heavy (non-hydrogen) atoms. The lowest BCUT2D eigenvalue weighted by molar-refractivity contribution is 1.23. The van der Waals surface area contributed by atoms with Gasteiger partial charge in [-0.15, -0.1) is 0 Å². The van der Waals surface area contributed by atoms with Crippen LogP contribution in [-0.4, -0.2) is 5.71 Å². The summed E-state index contributed by atoms with van der Waals surface area (Å²) >= 11 is 0. The first-order valence-electron chi connectivity index (χ1n) is 4.23. The van der Waals surface area contributed by atoms with Crippen LogP contribution in [0.1, 0.15) is 13.3 Å². The van der Waals surface area contributed by atoms with Gasteiger partial charge in [-0.3, -0.25) is 4.99 Å². The van der Waals surface area contributed by atoms with Gasteiger partial charge in [-0.2, -0.15) is 0 Å². The number of aliphatic imine (C=N–C) groups is 1. The summed E-state index contributed by atoms with van der Waals surface area (Å²) in [6.45, 7) is 2.15. The summed E-state index contributed by atoms with van der Waals surface area (Å²) in [6.07, 6.45) is 9.63. The molecule has 0 radical (unpaired) electrons. The first-order chi connectivity index (χ1) is 5.84. The monoisotopic (exact) mass is 155 g/mol. The number of hydrogen-bond acceptors (Lipinski definition) is 1. The van der Waals surface area contributed by atoms with Crippen LogP contribution in [0, 0.1) is 0 Å². The molecule has 0 unspecified atom stereocenters. The number of nitrogens with zero attached hydrogens (tertiary/aromatic N) is 1. The van der Waals surface area contributed by atoms with Crippen LogP contribution in [-0.2, 0) is 0 Å². The van der Waals surface area contributed by atoms with Gasteiger partial charge in [-0.05, 0) is 19.1 Å². The first-order valence-corrected chi connectivity index (χ1v) is 4.23. The highest BCUT2D eigenvalue weighted by atomic mass is 14.8. The van der Waals surface area contributed by atoms with Crippen LogP contribution in [0.2, 0.25) is 0 Å². The smallest absolute Gasteiger partial charge is 0.0712 e. The van der Waals surface area contributed by atoms with Crippen molar-refractivity contribution in [1.82, 2.24) is 0 Å². The Morgan fingerprint density at radius 1 is 1.25 bits per heavy atom. The van der Waals surface area contributed by atoms with Crippen LogP contribution < -0.4 is 0 Å². The minimum atomic E-state index is 1.03. The Kier molecular flexibility index (Phi) is 0.959. The third-order valence-corrected chi connectivity index (χ3v) is 2.52. The lowest BCUT2D eigenvalue weighted by atomic mass is 9.90. The molecule has 1 nitrogen and oxygen atoms in total. The van der Waals surface area contributed by atoms with E-state index in [4.69, 9.17) is 0 Å². The third kappa shape index (κ3) is 0.613. The minimum Gasteiger partial charge on any atom is -0.252 e. The molecule has 3 aliphatic rings. The average Bonchev–Trinajstić information content (AvgIpc) is 2.24. The van der Waals surface area contributed by atoms with Gasteiger partial charge in [0.15, 0.2) is 0 Å². The Hall–Kier alpha value is -1.37. The van der Waals surface area contributed by atoms with E-state index in [0.29, 0.717) is 0 Å². The van der Waals surface area contributed by atoms with Gasteiger partial charge in [0.25, 0.3) is 0 Å². The molecule has 0 amide bonds. The lowest BCUT2D eigenvalue weighted by Crippen LogP contribution is -2.04. The second kappa shape index (κ2) is 1.86. The van der Waals surface area contributed by atoms with E-state index < -0.39 is 0 Å². The predicted molar refractivity (Wildman–Crippen MR) is 50.1 cm³/mol. The van der Waals surface area contributed by atoms with Crippen molar-refractivity contribution in [2.75, 3.05) is 0 Å². The molecule has 0 atom stereocenters. The highest BCUT2D eigenvalue weighted by Gasteiger charge is 2.26. The molecule has 0 fully saturated rings. The Morgan fingerprint density at radius 2 is 2.17 bits per heavy atom. The standard InChI is InChI=1S/C11H9N/c1-7-2-3-9-8-4-5-10(8)12-11(9)6-7/h2-5H,6H2,1H3. The largest absolute Gasteiger partial charge is 0.252 e. The van der Waals surface area contributed by atoms with Crippen molar-refractivity contribution < 1.29 is 0 Å². The fraction of sp³-hybridized carbons (Fsp3) is 0.182. The van der Waals surface area contributed by atoms with Gasteiger partial charge in [0, 0.05) is 17.6 Å². The van der Waals surface area contributed by atoms with Crippen LogP contribution in [0.25, 0.3) is 0 Å². The third-order valence-electron chi connectivity index (χ3n) is 2.52. The van der Waals surface area contributed by atoms with Gasteiger partial charge >= 0.3 is 0 Å². The van der Waals surface area contributed by atoms with Gasteiger partial charge in [0.05, 0.1) is 11.4 Å². The zero-order chi connectivity index (χ0) is 8.13. The summed E-state index contributed by atoms with van der Waals surface area (Å²) in [5, 5.41) is 0. The molecule has 0 aromatic rings. The normalized spacial score (nSPS) is 23.9. The molecule has 58 valence electrons. The van der Waals surface area contributed by atoms with Crippen molar-refractivity contribution in [3.8, 4) is 0 Å². The van der Waals surface area contributed by atoms with E-state index >= 15 is 0 Å². The average molecular weight is 155 g/mol. The van der Waals surface area contributed by atoms with Crippen molar-refractivity contribution in [2.24, 2.45) is 4.99 Å². The number of rotatable bonds is 0. The first kappa shape index (κ1) is 6.18. The lowest BCUT2D eigenvalue weighted by Gasteiger charge is -2.11. The molecule has 0 aromatic heterocycles. The molecule has 0 aromatic carbocycles. The van der Waals surface area contributed by atoms with Crippen LogP contribution in [0.5, 0.6) is 0 Å². The topological polar surface area (TPSA) is 12.4 Å². The van der Waals surface area contributed by atoms with Crippen molar-refractivity contribution >= 4 is 5.71 Å². The fourth-order valence-corrected chi connectivity index (χ4v) is 1.80. The maximum absolute atomic E-state index is 4.53. The molecule has 0 N–H and O–H groups in total. The van der Waals surface area contributed by atoms with E-state index in [0.717, 1.165) is 6.42 Å². The molecule has 2 aliphatic carbocycles. The number of hydrogen-bond donors (Lipinski definition) is 0. The molecule has 1 heteroatoms. The van der Waals surface area contributed by atoms with Crippen molar-refractivity contribution in [3.63, 3.8) is 0 Å². The summed E-state index contributed by atoms with van der Waals surface area (Å²) in [4.78, 5) is 4.53. The molecule has 0 bridgehead atoms. The Labute approximate surface area is 71.5 Å². The van der Waals surface area contributed by atoms with Gasteiger partial charge in [-0.25, -0.2) is 0 Å². The molecule has 3 rings (SSSR count). The summed E-state index contributed by atoms with van der Waals surface area (Å²) in [6, 6.07) is 0. The molecular formula is C11H9N. The van der Waals surface area contributed by atoms with Crippen LogP contribution in [0.15, 0.2) is 51.7 Å². The zero-order valence-corrected chi connectivity index (χ0v) is 6.96. The van der Waals surface area contributed by atoms with Crippen LogP contribution >= 0.6 is 0 Å². The highest BCUT2D eigenvalue weighted by Crippen LogP contribution is 2.37. The number of allylic oxidation sites excluding steroid dienone is 7. The van der Waals surface area contributed by atoms with Crippen molar-refractivity contribution in [1.29, 1.82) is 0 Å². The van der Waals surface area contributed by atoms with Crippen molar-refractivity contribution in [2.45, 2.75) is 13.3 Å². The van der Waals surface area contributed by atoms with E-state index in [9.17, 15) is 0 Å². The second-order valence-electron chi connectivity index (χ2n) is 3.46. The molecule has 0 spiro atoms. The summed E-state index contributed by atoms with van der Waals surface area (Å²) in [5.41, 5.74) is 6.52. The van der Waals surface area contributed by atoms with E-state index in [1.54, 1.807) is 0 Å². The van der Waals surface area contributed by atoms with Crippen molar-refractivity contribution in [3.05, 3.63) is 46.7 Å². The van der Waals surface area contributed by atoms with E-state index in [1.165, 1.54) is 28.1 Å². The highest BCUT2D eigenvalue weighted by molar-refractivity contribution is 6.11. The van der Waals surface area contributed by atoms with E-state index in [-0.39, 0.29) is 0 Å². The van der Waals surface area contributed by atoms with Crippen LogP contribution in [0.3, 0.4) is 0 Å². The Balaban J connectivity index is 2.12. The maximum Gasteiger partial charge on any atom is 0.0712 e. The molecular weight excluding hydrogens is 146 g/mol. The molecule has 1 aliphatic heterocycles. The molecule has 0 saturated heterocycles.